The molecule has 7 nitrogen and oxygen atoms in total. The first-order chi connectivity index (χ1) is 13.5. The third-order valence-corrected chi connectivity index (χ3v) is 4.68. The molecule has 150 valence electrons. The lowest BCUT2D eigenvalue weighted by Crippen LogP contribution is -2.52. The van der Waals surface area contributed by atoms with Crippen molar-refractivity contribution in [2.24, 2.45) is 9.98 Å². The highest BCUT2D eigenvalue weighted by atomic mass is 16.2. The van der Waals surface area contributed by atoms with Crippen molar-refractivity contribution >= 4 is 29.2 Å². The number of hydrogen-bond acceptors (Lipinski definition) is 3. The molecule has 2 amide bonds. The van der Waals surface area contributed by atoms with Crippen molar-refractivity contribution in [1.82, 2.24) is 9.80 Å². The summed E-state index contributed by atoms with van der Waals surface area (Å²) in [4.78, 5) is 35.9. The second-order valence-electron chi connectivity index (χ2n) is 6.67. The van der Waals surface area contributed by atoms with Crippen LogP contribution in [0, 0.1) is 0 Å². The zero-order valence-corrected chi connectivity index (χ0v) is 16.9. The van der Waals surface area contributed by atoms with Gasteiger partial charge in [-0.3, -0.25) is 14.6 Å². The Balaban J connectivity index is 1.94. The van der Waals surface area contributed by atoms with Gasteiger partial charge < -0.3 is 15.1 Å². The van der Waals surface area contributed by atoms with E-state index in [9.17, 15) is 9.59 Å². The van der Waals surface area contributed by atoms with Crippen LogP contribution in [-0.2, 0) is 16.0 Å². The molecule has 1 saturated heterocycles. The van der Waals surface area contributed by atoms with Crippen LogP contribution in [-0.4, -0.2) is 66.5 Å². The van der Waals surface area contributed by atoms with E-state index in [4.69, 9.17) is 0 Å². The standard InChI is InChI=1S/C21H29N5O2/c1-5-16(3)23-21(22-4)24-18-9-7-8-17(14-18)10-11-25-12-13-26(15-20(25)28)19(27)6-2/h6-9,14H,2,5,10-13,15H2,1,3-4H3,(H,22,24)/b23-16-. The van der Waals surface area contributed by atoms with E-state index < -0.39 is 0 Å². The second-order valence-corrected chi connectivity index (χ2v) is 6.67. The molecule has 0 atom stereocenters. The Morgan fingerprint density at radius 3 is 2.79 bits per heavy atom. The number of amides is 2. The number of guanidine groups is 1. The Labute approximate surface area is 166 Å². The van der Waals surface area contributed by atoms with E-state index in [-0.39, 0.29) is 18.4 Å². The maximum absolute atomic E-state index is 12.3. The number of carbonyl (C=O) groups excluding carboxylic acids is 2. The minimum Gasteiger partial charge on any atom is -0.339 e. The SMILES string of the molecule is C=CC(=O)N1CCN(CCc2cccc(NC(=NC)/N=C(/C)CC)c2)C(=O)C1. The van der Waals surface area contributed by atoms with Crippen molar-refractivity contribution in [3.63, 3.8) is 0 Å². The third kappa shape index (κ3) is 6.04. The van der Waals surface area contributed by atoms with Crippen LogP contribution in [0.1, 0.15) is 25.8 Å². The lowest BCUT2D eigenvalue weighted by atomic mass is 10.1. The van der Waals surface area contributed by atoms with Gasteiger partial charge in [-0.25, -0.2) is 4.99 Å². The van der Waals surface area contributed by atoms with Gasteiger partial charge >= 0.3 is 0 Å². The van der Waals surface area contributed by atoms with Crippen LogP contribution in [0.2, 0.25) is 0 Å². The van der Waals surface area contributed by atoms with Crippen molar-refractivity contribution in [2.75, 3.05) is 38.5 Å². The topological polar surface area (TPSA) is 77.4 Å². The van der Waals surface area contributed by atoms with E-state index in [2.05, 4.69) is 28.8 Å². The molecule has 1 heterocycles. The van der Waals surface area contributed by atoms with E-state index in [1.165, 1.54) is 11.0 Å². The van der Waals surface area contributed by atoms with E-state index in [1.807, 2.05) is 31.2 Å². The maximum atomic E-state index is 12.3. The maximum Gasteiger partial charge on any atom is 0.246 e. The number of piperazine rings is 1. The Morgan fingerprint density at radius 1 is 1.36 bits per heavy atom. The van der Waals surface area contributed by atoms with Gasteiger partial charge in [-0.15, -0.1) is 0 Å². The summed E-state index contributed by atoms with van der Waals surface area (Å²) in [6.45, 7) is 9.35. The average Bonchev–Trinajstić information content (AvgIpc) is 2.71. The number of carbonyl (C=O) groups is 2. The first-order valence-corrected chi connectivity index (χ1v) is 9.52. The fourth-order valence-corrected chi connectivity index (χ4v) is 2.85. The van der Waals surface area contributed by atoms with Crippen molar-refractivity contribution in [3.05, 3.63) is 42.5 Å². The van der Waals surface area contributed by atoms with Crippen LogP contribution in [0.4, 0.5) is 5.69 Å². The number of benzene rings is 1. The highest BCUT2D eigenvalue weighted by molar-refractivity contribution is 6.02. The Bertz CT molecular complexity index is 785. The van der Waals surface area contributed by atoms with Crippen molar-refractivity contribution in [3.8, 4) is 0 Å². The summed E-state index contributed by atoms with van der Waals surface area (Å²) in [5, 5.41) is 3.23. The monoisotopic (exact) mass is 383 g/mol. The van der Waals surface area contributed by atoms with Gasteiger partial charge in [-0.2, -0.15) is 0 Å². The molecule has 0 aromatic heterocycles. The molecular formula is C21H29N5O2. The van der Waals surface area contributed by atoms with Crippen LogP contribution in [0.15, 0.2) is 46.9 Å². The molecule has 1 aromatic rings. The predicted octanol–water partition coefficient (Wildman–Crippen LogP) is 2.35. The van der Waals surface area contributed by atoms with Crippen LogP contribution in [0.5, 0.6) is 0 Å². The number of aliphatic imine (C=N–C) groups is 2. The lowest BCUT2D eigenvalue weighted by Gasteiger charge is -2.33. The first kappa shape index (κ1) is 21.3. The fourth-order valence-electron chi connectivity index (χ4n) is 2.85. The van der Waals surface area contributed by atoms with E-state index in [0.717, 1.165) is 29.8 Å². The molecule has 28 heavy (non-hydrogen) atoms. The molecule has 1 aliphatic rings. The van der Waals surface area contributed by atoms with Gasteiger partial charge in [0, 0.05) is 38.1 Å². The number of nitrogens with one attached hydrogen (secondary N) is 1. The quantitative estimate of drug-likeness (QED) is 0.465. The highest BCUT2D eigenvalue weighted by Crippen LogP contribution is 2.13. The number of nitrogens with zero attached hydrogens (tertiary/aromatic N) is 4. The zero-order valence-electron chi connectivity index (χ0n) is 16.9. The summed E-state index contributed by atoms with van der Waals surface area (Å²) in [7, 11) is 1.71. The van der Waals surface area contributed by atoms with E-state index >= 15 is 0 Å². The van der Waals surface area contributed by atoms with Crippen LogP contribution in [0.3, 0.4) is 0 Å². The first-order valence-electron chi connectivity index (χ1n) is 9.52. The summed E-state index contributed by atoms with van der Waals surface area (Å²) >= 11 is 0. The summed E-state index contributed by atoms with van der Waals surface area (Å²) in [5.41, 5.74) is 3.05. The third-order valence-electron chi connectivity index (χ3n) is 4.68. The Hall–Kier alpha value is -2.96. The molecule has 7 heteroatoms. The number of anilines is 1. The largest absolute Gasteiger partial charge is 0.339 e. The average molecular weight is 383 g/mol. The summed E-state index contributed by atoms with van der Waals surface area (Å²) in [6.07, 6.45) is 2.87. The summed E-state index contributed by atoms with van der Waals surface area (Å²) in [6, 6.07) is 8.03. The molecule has 1 fully saturated rings. The second kappa shape index (κ2) is 10.4. The highest BCUT2D eigenvalue weighted by Gasteiger charge is 2.25. The van der Waals surface area contributed by atoms with E-state index in [1.54, 1.807) is 11.9 Å². The summed E-state index contributed by atoms with van der Waals surface area (Å²) < 4.78 is 0. The molecule has 0 saturated carbocycles. The normalized spacial score (nSPS) is 15.6. The molecule has 1 aliphatic heterocycles. The van der Waals surface area contributed by atoms with Gasteiger partial charge in [-0.1, -0.05) is 25.6 Å². The molecule has 0 bridgehead atoms. The van der Waals surface area contributed by atoms with Gasteiger partial charge in [0.1, 0.15) is 6.54 Å². The summed E-state index contributed by atoms with van der Waals surface area (Å²) in [5.74, 6) is 0.358. The molecule has 2 rings (SSSR count). The van der Waals surface area contributed by atoms with E-state index in [0.29, 0.717) is 25.6 Å². The zero-order chi connectivity index (χ0) is 20.5. The molecule has 0 aliphatic carbocycles. The fraction of sp³-hybridized carbons (Fsp3) is 0.429. The Kier molecular flexibility index (Phi) is 7.92. The van der Waals surface area contributed by atoms with Crippen molar-refractivity contribution < 1.29 is 9.59 Å². The molecule has 0 radical (unpaired) electrons. The van der Waals surface area contributed by atoms with Crippen LogP contribution in [0.25, 0.3) is 0 Å². The van der Waals surface area contributed by atoms with Gasteiger partial charge in [0.05, 0.1) is 0 Å². The van der Waals surface area contributed by atoms with Gasteiger partial charge in [0.15, 0.2) is 0 Å². The van der Waals surface area contributed by atoms with Gasteiger partial charge in [0.2, 0.25) is 17.8 Å². The minimum absolute atomic E-state index is 0.0273. The molecule has 1 aromatic carbocycles. The number of hydrogen-bond donors (Lipinski definition) is 1. The molecular weight excluding hydrogens is 354 g/mol. The van der Waals surface area contributed by atoms with Crippen molar-refractivity contribution in [2.45, 2.75) is 26.7 Å². The van der Waals surface area contributed by atoms with Crippen molar-refractivity contribution in [1.29, 1.82) is 0 Å². The van der Waals surface area contributed by atoms with Gasteiger partial charge in [-0.05, 0) is 43.5 Å². The minimum atomic E-state index is -0.193. The lowest BCUT2D eigenvalue weighted by molar-refractivity contribution is -0.142. The number of rotatable bonds is 6. The van der Waals surface area contributed by atoms with Gasteiger partial charge in [0.25, 0.3) is 0 Å². The smallest absolute Gasteiger partial charge is 0.246 e. The van der Waals surface area contributed by atoms with Crippen LogP contribution < -0.4 is 5.32 Å². The molecule has 0 unspecified atom stereocenters. The Morgan fingerprint density at radius 2 is 2.14 bits per heavy atom. The van der Waals surface area contributed by atoms with Crippen LogP contribution >= 0.6 is 0 Å². The predicted molar refractivity (Wildman–Crippen MR) is 114 cm³/mol. The molecule has 0 spiro atoms. The molecule has 1 N–H and O–H groups in total.